The standard InChI is InChI=1S/C16H21F2NO/c1-11-4-6-16(10-19,7-5-11)15(20)9-12-2-3-13(17)14(18)8-12/h2-3,8,11H,4-7,9-10,19H2,1H3. The van der Waals surface area contributed by atoms with E-state index in [2.05, 4.69) is 6.92 Å². The van der Waals surface area contributed by atoms with E-state index < -0.39 is 17.0 Å². The highest BCUT2D eigenvalue weighted by Gasteiger charge is 2.39. The number of hydrogen-bond donors (Lipinski definition) is 1. The molecular formula is C16H21F2NO. The van der Waals surface area contributed by atoms with E-state index in [0.717, 1.165) is 37.8 Å². The van der Waals surface area contributed by atoms with Gasteiger partial charge in [0.15, 0.2) is 11.6 Å². The van der Waals surface area contributed by atoms with Gasteiger partial charge in [0, 0.05) is 18.4 Å². The number of rotatable bonds is 4. The van der Waals surface area contributed by atoms with E-state index >= 15 is 0 Å². The predicted octanol–water partition coefficient (Wildman–Crippen LogP) is 3.23. The Hall–Kier alpha value is -1.29. The van der Waals surface area contributed by atoms with Crippen LogP contribution in [0.5, 0.6) is 0 Å². The van der Waals surface area contributed by atoms with Gasteiger partial charge in [0.1, 0.15) is 5.78 Å². The molecular weight excluding hydrogens is 260 g/mol. The second-order valence-electron chi connectivity index (χ2n) is 6.02. The lowest BCUT2D eigenvalue weighted by molar-refractivity contribution is -0.129. The smallest absolute Gasteiger partial charge is 0.159 e. The van der Waals surface area contributed by atoms with Crippen LogP contribution in [0.3, 0.4) is 0 Å². The molecule has 20 heavy (non-hydrogen) atoms. The van der Waals surface area contributed by atoms with Crippen molar-refractivity contribution >= 4 is 5.78 Å². The summed E-state index contributed by atoms with van der Waals surface area (Å²) in [6, 6.07) is 3.63. The first-order valence-corrected chi connectivity index (χ1v) is 7.14. The SMILES string of the molecule is CC1CCC(CN)(C(=O)Cc2ccc(F)c(F)c2)CC1. The normalized spacial score (nSPS) is 26.5. The Balaban J connectivity index is 2.11. The van der Waals surface area contributed by atoms with Crippen molar-refractivity contribution in [2.45, 2.75) is 39.0 Å². The van der Waals surface area contributed by atoms with Crippen molar-refractivity contribution in [3.8, 4) is 0 Å². The van der Waals surface area contributed by atoms with Crippen molar-refractivity contribution in [2.24, 2.45) is 17.1 Å². The molecule has 0 amide bonds. The summed E-state index contributed by atoms with van der Waals surface area (Å²) in [5.74, 6) is -1.11. The van der Waals surface area contributed by atoms with Gasteiger partial charge in [-0.3, -0.25) is 4.79 Å². The van der Waals surface area contributed by atoms with Gasteiger partial charge in [-0.05, 0) is 49.3 Å². The number of halogens is 2. The molecule has 1 aliphatic rings. The van der Waals surface area contributed by atoms with E-state index in [0.29, 0.717) is 18.0 Å². The van der Waals surface area contributed by atoms with Crippen molar-refractivity contribution in [3.05, 3.63) is 35.4 Å². The number of hydrogen-bond acceptors (Lipinski definition) is 2. The number of carbonyl (C=O) groups is 1. The second-order valence-corrected chi connectivity index (χ2v) is 6.02. The zero-order chi connectivity index (χ0) is 14.8. The number of nitrogens with two attached hydrogens (primary N) is 1. The maximum absolute atomic E-state index is 13.2. The Morgan fingerprint density at radius 2 is 1.95 bits per heavy atom. The molecule has 0 heterocycles. The maximum Gasteiger partial charge on any atom is 0.159 e. The molecule has 1 aromatic rings. The molecule has 4 heteroatoms. The predicted molar refractivity (Wildman–Crippen MR) is 74.2 cm³/mol. The quantitative estimate of drug-likeness (QED) is 0.920. The molecule has 0 atom stereocenters. The van der Waals surface area contributed by atoms with Gasteiger partial charge in [-0.1, -0.05) is 13.0 Å². The van der Waals surface area contributed by atoms with Crippen LogP contribution in [0.2, 0.25) is 0 Å². The Morgan fingerprint density at radius 1 is 1.30 bits per heavy atom. The topological polar surface area (TPSA) is 43.1 Å². The van der Waals surface area contributed by atoms with E-state index in [1.165, 1.54) is 6.07 Å². The van der Waals surface area contributed by atoms with Crippen molar-refractivity contribution in [1.29, 1.82) is 0 Å². The third kappa shape index (κ3) is 3.06. The van der Waals surface area contributed by atoms with Gasteiger partial charge >= 0.3 is 0 Å². The maximum atomic E-state index is 13.2. The molecule has 0 unspecified atom stereocenters. The second kappa shape index (κ2) is 6.00. The van der Waals surface area contributed by atoms with E-state index in [-0.39, 0.29) is 12.2 Å². The Kier molecular flexibility index (Phi) is 4.53. The molecule has 2 N–H and O–H groups in total. The average molecular weight is 281 g/mol. The van der Waals surface area contributed by atoms with Gasteiger partial charge in [-0.2, -0.15) is 0 Å². The summed E-state index contributed by atoms with van der Waals surface area (Å²) in [5.41, 5.74) is 5.88. The minimum atomic E-state index is -0.908. The first kappa shape index (κ1) is 15.1. The van der Waals surface area contributed by atoms with Gasteiger partial charge in [0.25, 0.3) is 0 Å². The summed E-state index contributed by atoms with van der Waals surface area (Å²) in [4.78, 5) is 12.5. The van der Waals surface area contributed by atoms with Crippen LogP contribution in [0.15, 0.2) is 18.2 Å². The largest absolute Gasteiger partial charge is 0.329 e. The number of ketones is 1. The molecule has 0 bridgehead atoms. The molecule has 0 spiro atoms. The molecule has 0 radical (unpaired) electrons. The molecule has 2 nitrogen and oxygen atoms in total. The zero-order valence-corrected chi connectivity index (χ0v) is 11.8. The van der Waals surface area contributed by atoms with Crippen molar-refractivity contribution in [3.63, 3.8) is 0 Å². The van der Waals surface area contributed by atoms with Gasteiger partial charge in [0.2, 0.25) is 0 Å². The monoisotopic (exact) mass is 281 g/mol. The summed E-state index contributed by atoms with van der Waals surface area (Å²) >= 11 is 0. The molecule has 2 rings (SSSR count). The third-order valence-corrected chi connectivity index (χ3v) is 4.56. The van der Waals surface area contributed by atoms with E-state index in [1.807, 2.05) is 0 Å². The first-order valence-electron chi connectivity index (χ1n) is 7.14. The van der Waals surface area contributed by atoms with Crippen LogP contribution in [0.1, 0.15) is 38.2 Å². The van der Waals surface area contributed by atoms with E-state index in [1.54, 1.807) is 0 Å². The lowest BCUT2D eigenvalue weighted by Crippen LogP contribution is -2.42. The van der Waals surface area contributed by atoms with Crippen LogP contribution in [-0.4, -0.2) is 12.3 Å². The third-order valence-electron chi connectivity index (χ3n) is 4.56. The van der Waals surface area contributed by atoms with Crippen LogP contribution in [-0.2, 0) is 11.2 Å². The van der Waals surface area contributed by atoms with Crippen molar-refractivity contribution in [2.75, 3.05) is 6.54 Å². The van der Waals surface area contributed by atoms with Gasteiger partial charge in [0.05, 0.1) is 0 Å². The minimum absolute atomic E-state index is 0.0536. The molecule has 0 aromatic heterocycles. The number of Topliss-reactive ketones (excluding diaryl/α,β-unsaturated/α-hetero) is 1. The molecule has 110 valence electrons. The number of carbonyl (C=O) groups excluding carboxylic acids is 1. The zero-order valence-electron chi connectivity index (χ0n) is 11.8. The minimum Gasteiger partial charge on any atom is -0.329 e. The Labute approximate surface area is 118 Å². The molecule has 0 aliphatic heterocycles. The van der Waals surface area contributed by atoms with E-state index in [4.69, 9.17) is 5.73 Å². The van der Waals surface area contributed by atoms with E-state index in [9.17, 15) is 13.6 Å². The van der Waals surface area contributed by atoms with Crippen LogP contribution >= 0.6 is 0 Å². The summed E-state index contributed by atoms with van der Waals surface area (Å²) in [6.45, 7) is 2.52. The Bertz CT molecular complexity index is 493. The van der Waals surface area contributed by atoms with Gasteiger partial charge < -0.3 is 5.73 Å². The molecule has 1 saturated carbocycles. The summed E-state index contributed by atoms with van der Waals surface area (Å²) < 4.78 is 26.1. The summed E-state index contributed by atoms with van der Waals surface area (Å²) in [6.07, 6.45) is 3.73. The highest BCUT2D eigenvalue weighted by atomic mass is 19.2. The fourth-order valence-corrected chi connectivity index (χ4v) is 2.93. The van der Waals surface area contributed by atoms with Gasteiger partial charge in [-0.25, -0.2) is 8.78 Å². The van der Waals surface area contributed by atoms with Crippen LogP contribution in [0, 0.1) is 23.0 Å². The molecule has 1 aliphatic carbocycles. The fraction of sp³-hybridized carbons (Fsp3) is 0.562. The number of benzene rings is 1. The Morgan fingerprint density at radius 3 is 2.50 bits per heavy atom. The molecule has 0 saturated heterocycles. The molecule has 1 aromatic carbocycles. The molecule has 1 fully saturated rings. The first-order chi connectivity index (χ1) is 9.47. The van der Waals surface area contributed by atoms with Crippen LogP contribution < -0.4 is 5.73 Å². The highest BCUT2D eigenvalue weighted by Crippen LogP contribution is 2.39. The van der Waals surface area contributed by atoms with Gasteiger partial charge in [-0.15, -0.1) is 0 Å². The lowest BCUT2D eigenvalue weighted by Gasteiger charge is -2.37. The van der Waals surface area contributed by atoms with Crippen LogP contribution in [0.4, 0.5) is 8.78 Å². The van der Waals surface area contributed by atoms with Crippen molar-refractivity contribution < 1.29 is 13.6 Å². The average Bonchev–Trinajstić information content (AvgIpc) is 2.44. The summed E-state index contributed by atoms with van der Waals surface area (Å²) in [7, 11) is 0. The van der Waals surface area contributed by atoms with Crippen LogP contribution in [0.25, 0.3) is 0 Å². The highest BCUT2D eigenvalue weighted by molar-refractivity contribution is 5.87. The fourth-order valence-electron chi connectivity index (χ4n) is 2.93. The van der Waals surface area contributed by atoms with Crippen molar-refractivity contribution in [1.82, 2.24) is 0 Å². The lowest BCUT2D eigenvalue weighted by atomic mass is 9.67. The summed E-state index contributed by atoms with van der Waals surface area (Å²) in [5, 5.41) is 0.